The number of hydrogen-bond acceptors (Lipinski definition) is 2. The van der Waals surface area contributed by atoms with Crippen molar-refractivity contribution in [1.82, 2.24) is 5.43 Å². The van der Waals surface area contributed by atoms with Crippen molar-refractivity contribution >= 4 is 15.9 Å². The molecule has 0 saturated heterocycles. The van der Waals surface area contributed by atoms with Crippen LogP contribution in [0.3, 0.4) is 0 Å². The minimum Gasteiger partial charge on any atom is -0.271 e. The number of nitrogens with one attached hydrogen (secondary N) is 1. The second-order valence-corrected chi connectivity index (χ2v) is 5.83. The molecule has 0 spiro atoms. The minimum absolute atomic E-state index is 0.200. The molecule has 0 radical (unpaired) electrons. The lowest BCUT2D eigenvalue weighted by Gasteiger charge is -2.17. The van der Waals surface area contributed by atoms with E-state index < -0.39 is 0 Å². The lowest BCUT2D eigenvalue weighted by atomic mass is 9.98. The Bertz CT molecular complexity index is 569. The first-order chi connectivity index (χ1) is 9.60. The Kier molecular flexibility index (Phi) is 5.29. The van der Waals surface area contributed by atoms with Gasteiger partial charge < -0.3 is 0 Å². The van der Waals surface area contributed by atoms with Gasteiger partial charge in [-0.3, -0.25) is 11.3 Å². The Hall–Kier alpha value is -1.23. The van der Waals surface area contributed by atoms with Crippen molar-refractivity contribution in [2.75, 3.05) is 0 Å². The second kappa shape index (κ2) is 6.97. The smallest absolute Gasteiger partial charge is 0.128 e. The highest BCUT2D eigenvalue weighted by atomic mass is 79.9. The molecule has 0 aliphatic rings. The van der Waals surface area contributed by atoms with Gasteiger partial charge in [0.15, 0.2) is 0 Å². The first kappa shape index (κ1) is 15.2. The van der Waals surface area contributed by atoms with Crippen LogP contribution in [-0.2, 0) is 6.42 Å². The molecule has 1 atom stereocenters. The topological polar surface area (TPSA) is 38.0 Å². The third kappa shape index (κ3) is 3.88. The third-order valence-electron chi connectivity index (χ3n) is 3.38. The van der Waals surface area contributed by atoms with E-state index in [1.54, 1.807) is 12.1 Å². The van der Waals surface area contributed by atoms with Crippen LogP contribution in [0.15, 0.2) is 46.9 Å². The summed E-state index contributed by atoms with van der Waals surface area (Å²) in [6.07, 6.45) is 1.59. The molecule has 2 nitrogen and oxygen atoms in total. The molecule has 0 saturated carbocycles. The normalized spacial score (nSPS) is 12.4. The highest BCUT2D eigenvalue weighted by Crippen LogP contribution is 2.24. The van der Waals surface area contributed by atoms with Crippen molar-refractivity contribution in [3.8, 4) is 0 Å². The molecule has 0 aliphatic carbocycles. The quantitative estimate of drug-likeness (QED) is 0.638. The molecule has 2 rings (SSSR count). The van der Waals surface area contributed by atoms with Crippen LogP contribution >= 0.6 is 15.9 Å². The van der Waals surface area contributed by atoms with E-state index in [9.17, 15) is 4.39 Å². The van der Waals surface area contributed by atoms with Crippen molar-refractivity contribution in [3.05, 3.63) is 69.4 Å². The van der Waals surface area contributed by atoms with Crippen LogP contribution in [0, 0.1) is 12.7 Å². The fraction of sp³-hybridized carbons (Fsp3) is 0.250. The first-order valence-corrected chi connectivity index (χ1v) is 7.36. The van der Waals surface area contributed by atoms with E-state index in [4.69, 9.17) is 5.84 Å². The predicted molar refractivity (Wildman–Crippen MR) is 83.7 cm³/mol. The summed E-state index contributed by atoms with van der Waals surface area (Å²) >= 11 is 3.36. The maximum atomic E-state index is 13.9. The van der Waals surface area contributed by atoms with Gasteiger partial charge in [0.05, 0.1) is 0 Å². The van der Waals surface area contributed by atoms with Crippen LogP contribution in [0.2, 0.25) is 0 Å². The molecule has 2 aromatic carbocycles. The van der Waals surface area contributed by atoms with Crippen molar-refractivity contribution in [2.24, 2.45) is 5.84 Å². The number of hydrazine groups is 1. The van der Waals surface area contributed by atoms with Crippen molar-refractivity contribution in [2.45, 2.75) is 25.8 Å². The molecule has 1 unspecified atom stereocenters. The highest BCUT2D eigenvalue weighted by Gasteiger charge is 2.14. The number of aryl methyl sites for hydroxylation is 2. The van der Waals surface area contributed by atoms with Gasteiger partial charge in [0, 0.05) is 16.1 Å². The summed E-state index contributed by atoms with van der Waals surface area (Å²) in [6, 6.07) is 13.1. The van der Waals surface area contributed by atoms with E-state index in [1.165, 1.54) is 17.2 Å². The third-order valence-corrected chi connectivity index (χ3v) is 3.87. The van der Waals surface area contributed by atoms with Gasteiger partial charge >= 0.3 is 0 Å². The Balaban J connectivity index is 2.09. The summed E-state index contributed by atoms with van der Waals surface area (Å²) < 4.78 is 14.7. The zero-order chi connectivity index (χ0) is 14.5. The monoisotopic (exact) mass is 336 g/mol. The van der Waals surface area contributed by atoms with E-state index in [0.717, 1.165) is 17.3 Å². The van der Waals surface area contributed by atoms with Gasteiger partial charge in [-0.25, -0.2) is 4.39 Å². The van der Waals surface area contributed by atoms with Crippen LogP contribution in [0.1, 0.15) is 29.2 Å². The number of nitrogens with two attached hydrogens (primary N) is 1. The Morgan fingerprint density at radius 2 is 1.90 bits per heavy atom. The standard InChI is InChI=1S/C16H18BrFN2/c1-11-2-4-12(5-3-11)6-9-16(20-19)14-10-13(17)7-8-15(14)18/h2-5,7-8,10,16,20H,6,9,19H2,1H3. The van der Waals surface area contributed by atoms with E-state index in [0.29, 0.717) is 5.56 Å². The predicted octanol–water partition coefficient (Wildman–Crippen LogP) is 4.03. The molecule has 0 aliphatic heterocycles. The average molecular weight is 337 g/mol. The molecule has 4 heteroatoms. The van der Waals surface area contributed by atoms with Crippen molar-refractivity contribution in [3.63, 3.8) is 0 Å². The van der Waals surface area contributed by atoms with E-state index in [1.807, 2.05) is 0 Å². The van der Waals surface area contributed by atoms with Crippen LogP contribution < -0.4 is 11.3 Å². The lowest BCUT2D eigenvalue weighted by molar-refractivity contribution is 0.485. The summed E-state index contributed by atoms with van der Waals surface area (Å²) in [5, 5.41) is 0. The van der Waals surface area contributed by atoms with E-state index in [-0.39, 0.29) is 11.9 Å². The molecule has 106 valence electrons. The van der Waals surface area contributed by atoms with Crippen LogP contribution in [0.5, 0.6) is 0 Å². The zero-order valence-corrected chi connectivity index (χ0v) is 13.0. The van der Waals surface area contributed by atoms with Gasteiger partial charge in [-0.15, -0.1) is 0 Å². The SMILES string of the molecule is Cc1ccc(CCC(NN)c2cc(Br)ccc2F)cc1. The molecule has 0 aromatic heterocycles. The molecule has 0 bridgehead atoms. The molecule has 0 fully saturated rings. The maximum absolute atomic E-state index is 13.9. The van der Waals surface area contributed by atoms with Crippen molar-refractivity contribution < 1.29 is 4.39 Å². The molecule has 0 heterocycles. The van der Waals surface area contributed by atoms with Crippen LogP contribution in [-0.4, -0.2) is 0 Å². The fourth-order valence-electron chi connectivity index (χ4n) is 2.18. The van der Waals surface area contributed by atoms with Gasteiger partial charge in [-0.05, 0) is 43.5 Å². The summed E-state index contributed by atoms with van der Waals surface area (Å²) in [7, 11) is 0. The Labute approximate surface area is 127 Å². The van der Waals surface area contributed by atoms with Crippen LogP contribution in [0.4, 0.5) is 4.39 Å². The van der Waals surface area contributed by atoms with Gasteiger partial charge in [-0.2, -0.15) is 0 Å². The number of benzene rings is 2. The zero-order valence-electron chi connectivity index (χ0n) is 11.4. The number of hydrogen-bond donors (Lipinski definition) is 2. The molecule has 3 N–H and O–H groups in total. The fourth-order valence-corrected chi connectivity index (χ4v) is 2.55. The summed E-state index contributed by atoms with van der Waals surface area (Å²) in [4.78, 5) is 0. The molecule has 20 heavy (non-hydrogen) atoms. The van der Waals surface area contributed by atoms with Gasteiger partial charge in [0.2, 0.25) is 0 Å². The molecule has 2 aromatic rings. The average Bonchev–Trinajstić information content (AvgIpc) is 2.45. The summed E-state index contributed by atoms with van der Waals surface area (Å²) in [5.74, 6) is 5.34. The number of rotatable bonds is 5. The Morgan fingerprint density at radius 3 is 2.55 bits per heavy atom. The van der Waals surface area contributed by atoms with Gasteiger partial charge in [0.25, 0.3) is 0 Å². The largest absolute Gasteiger partial charge is 0.271 e. The summed E-state index contributed by atoms with van der Waals surface area (Å²) in [6.45, 7) is 2.06. The van der Waals surface area contributed by atoms with Crippen molar-refractivity contribution in [1.29, 1.82) is 0 Å². The summed E-state index contributed by atoms with van der Waals surface area (Å²) in [5.41, 5.74) is 5.76. The number of halogens is 2. The van der Waals surface area contributed by atoms with E-state index >= 15 is 0 Å². The van der Waals surface area contributed by atoms with Gasteiger partial charge in [0.1, 0.15) is 5.82 Å². The van der Waals surface area contributed by atoms with Crippen LogP contribution in [0.25, 0.3) is 0 Å². The molecular weight excluding hydrogens is 319 g/mol. The first-order valence-electron chi connectivity index (χ1n) is 6.57. The van der Waals surface area contributed by atoms with E-state index in [2.05, 4.69) is 52.5 Å². The minimum atomic E-state index is -0.236. The lowest BCUT2D eigenvalue weighted by Crippen LogP contribution is -2.29. The highest BCUT2D eigenvalue weighted by molar-refractivity contribution is 9.10. The molecular formula is C16H18BrFN2. The van der Waals surface area contributed by atoms with Gasteiger partial charge in [-0.1, -0.05) is 45.8 Å². The molecule has 0 amide bonds. The second-order valence-electron chi connectivity index (χ2n) is 4.91. The maximum Gasteiger partial charge on any atom is 0.128 e. The Morgan fingerprint density at radius 1 is 1.20 bits per heavy atom.